The lowest BCUT2D eigenvalue weighted by Gasteiger charge is -2.08. The van der Waals surface area contributed by atoms with Crippen LogP contribution in [-0.2, 0) is 4.79 Å². The molecule has 0 aliphatic carbocycles. The summed E-state index contributed by atoms with van der Waals surface area (Å²) in [5.41, 5.74) is 4.28. The number of carboxylic acid groups (broad SMARTS) is 1. The molecule has 148 valence electrons. The van der Waals surface area contributed by atoms with Crippen molar-refractivity contribution in [1.29, 1.82) is 0 Å². The van der Waals surface area contributed by atoms with Crippen LogP contribution in [0.4, 0.5) is 0 Å². The molecule has 0 saturated heterocycles. The van der Waals surface area contributed by atoms with Gasteiger partial charge in [-0.25, -0.2) is 4.98 Å². The first-order chi connectivity index (χ1) is 14.1. The molecule has 5 nitrogen and oxygen atoms in total. The first-order valence-electron chi connectivity index (χ1n) is 9.47. The predicted octanol–water partition coefficient (Wildman–Crippen LogP) is 5.80. The number of thioether (sulfide) groups is 1. The van der Waals surface area contributed by atoms with Gasteiger partial charge in [0.15, 0.2) is 5.82 Å². The van der Waals surface area contributed by atoms with Gasteiger partial charge < -0.3 is 5.11 Å². The second kappa shape index (κ2) is 9.39. The summed E-state index contributed by atoms with van der Waals surface area (Å²) in [6, 6.07) is 21.0. The van der Waals surface area contributed by atoms with Crippen LogP contribution < -0.4 is 0 Å². The number of rotatable bonds is 5. The van der Waals surface area contributed by atoms with Crippen LogP contribution in [0.15, 0.2) is 65.8 Å². The molecular weight excluding hydrogens is 382 g/mol. The molecule has 6 heteroatoms. The van der Waals surface area contributed by atoms with E-state index in [1.807, 2.05) is 39.0 Å². The average Bonchev–Trinajstić information content (AvgIpc) is 3.22. The van der Waals surface area contributed by atoms with Gasteiger partial charge in [-0.1, -0.05) is 68.1 Å². The SMILES string of the molecule is CC.Cc1cc(-c2ccc3ccccc3c2)cc(-c2nc(SCC(=O)O)n[nH]2)c1. The zero-order valence-electron chi connectivity index (χ0n) is 16.6. The molecule has 0 radical (unpaired) electrons. The smallest absolute Gasteiger partial charge is 0.313 e. The van der Waals surface area contributed by atoms with Crippen LogP contribution >= 0.6 is 11.8 Å². The molecule has 3 aromatic carbocycles. The summed E-state index contributed by atoms with van der Waals surface area (Å²) in [4.78, 5) is 15.1. The van der Waals surface area contributed by atoms with Gasteiger partial charge in [-0.2, -0.15) is 0 Å². The van der Waals surface area contributed by atoms with Gasteiger partial charge >= 0.3 is 5.97 Å². The summed E-state index contributed by atoms with van der Waals surface area (Å²) >= 11 is 1.10. The van der Waals surface area contributed by atoms with Gasteiger partial charge in [0, 0.05) is 5.56 Å². The normalized spacial score (nSPS) is 10.4. The zero-order chi connectivity index (χ0) is 20.8. The number of fused-ring (bicyclic) bond motifs is 1. The molecule has 0 aliphatic rings. The second-order valence-corrected chi connectivity index (χ2v) is 7.24. The number of nitrogens with one attached hydrogen (secondary N) is 1. The van der Waals surface area contributed by atoms with E-state index in [4.69, 9.17) is 5.11 Å². The fourth-order valence-electron chi connectivity index (χ4n) is 3.02. The summed E-state index contributed by atoms with van der Waals surface area (Å²) in [7, 11) is 0. The summed E-state index contributed by atoms with van der Waals surface area (Å²) in [6.45, 7) is 6.05. The van der Waals surface area contributed by atoms with Crippen molar-refractivity contribution < 1.29 is 9.90 Å². The zero-order valence-corrected chi connectivity index (χ0v) is 17.5. The average molecular weight is 406 g/mol. The Morgan fingerprint density at radius 3 is 2.45 bits per heavy atom. The quantitative estimate of drug-likeness (QED) is 0.410. The van der Waals surface area contributed by atoms with E-state index in [-0.39, 0.29) is 5.75 Å². The highest BCUT2D eigenvalue weighted by Gasteiger charge is 2.10. The third-order valence-electron chi connectivity index (χ3n) is 4.22. The first-order valence-corrected chi connectivity index (χ1v) is 10.5. The van der Waals surface area contributed by atoms with Gasteiger partial charge in [-0.15, -0.1) is 5.10 Å². The Bertz CT molecular complexity index is 1140. The molecule has 0 bridgehead atoms. The minimum Gasteiger partial charge on any atom is -0.481 e. The number of aromatic amines is 1. The number of aliphatic carboxylic acids is 1. The van der Waals surface area contributed by atoms with Crippen molar-refractivity contribution in [1.82, 2.24) is 15.2 Å². The largest absolute Gasteiger partial charge is 0.481 e. The van der Waals surface area contributed by atoms with Gasteiger partial charge in [0.1, 0.15) is 0 Å². The van der Waals surface area contributed by atoms with Gasteiger partial charge in [0.05, 0.1) is 5.75 Å². The molecule has 0 unspecified atom stereocenters. The van der Waals surface area contributed by atoms with Gasteiger partial charge in [0.25, 0.3) is 0 Å². The summed E-state index contributed by atoms with van der Waals surface area (Å²) in [5.74, 6) is -0.317. The second-order valence-electron chi connectivity index (χ2n) is 6.30. The molecular formula is C23H23N3O2S. The molecule has 29 heavy (non-hydrogen) atoms. The number of aryl methyl sites for hydroxylation is 1. The Hall–Kier alpha value is -3.12. The number of H-pyrrole nitrogens is 1. The van der Waals surface area contributed by atoms with E-state index in [1.54, 1.807) is 0 Å². The minimum atomic E-state index is -0.888. The predicted molar refractivity (Wildman–Crippen MR) is 119 cm³/mol. The van der Waals surface area contributed by atoms with Crippen LogP contribution in [0.25, 0.3) is 33.3 Å². The van der Waals surface area contributed by atoms with Gasteiger partial charge in [0.2, 0.25) is 5.16 Å². The fraction of sp³-hybridized carbons (Fsp3) is 0.174. The van der Waals surface area contributed by atoms with Crippen LogP contribution in [0.5, 0.6) is 0 Å². The third kappa shape index (κ3) is 5.03. The Labute approximate surface area is 174 Å². The van der Waals surface area contributed by atoms with Crippen LogP contribution in [0.1, 0.15) is 19.4 Å². The van der Waals surface area contributed by atoms with E-state index in [2.05, 4.69) is 57.6 Å². The molecule has 2 N–H and O–H groups in total. The Morgan fingerprint density at radius 2 is 1.69 bits per heavy atom. The lowest BCUT2D eigenvalue weighted by atomic mass is 9.97. The highest BCUT2D eigenvalue weighted by atomic mass is 32.2. The molecule has 0 fully saturated rings. The standard InChI is InChI=1S/C21H17N3O2S.C2H6/c1-13-8-17(16-7-6-14-4-2-3-5-15(14)10-16)11-18(9-13)20-22-21(24-23-20)27-12-19(25)26;1-2/h2-11H,12H2,1H3,(H,25,26)(H,22,23,24);1-2H3. The lowest BCUT2D eigenvalue weighted by molar-refractivity contribution is -0.133. The number of nitrogens with zero attached hydrogens (tertiary/aromatic N) is 2. The van der Waals surface area contributed by atoms with E-state index in [1.165, 1.54) is 10.8 Å². The Morgan fingerprint density at radius 1 is 0.966 bits per heavy atom. The number of carboxylic acids is 1. The summed E-state index contributed by atoms with van der Waals surface area (Å²) in [5, 5.41) is 18.6. The highest BCUT2D eigenvalue weighted by Crippen LogP contribution is 2.29. The van der Waals surface area contributed by atoms with Crippen LogP contribution in [0.2, 0.25) is 0 Å². The molecule has 0 spiro atoms. The van der Waals surface area contributed by atoms with Crippen LogP contribution in [-0.4, -0.2) is 32.0 Å². The van der Waals surface area contributed by atoms with Crippen molar-refractivity contribution in [3.8, 4) is 22.5 Å². The van der Waals surface area contributed by atoms with E-state index < -0.39 is 5.97 Å². The van der Waals surface area contributed by atoms with E-state index in [0.717, 1.165) is 34.0 Å². The van der Waals surface area contributed by atoms with E-state index in [0.29, 0.717) is 11.0 Å². The number of hydrogen-bond donors (Lipinski definition) is 2. The molecule has 1 aromatic heterocycles. The topological polar surface area (TPSA) is 78.9 Å². The van der Waals surface area contributed by atoms with Crippen molar-refractivity contribution in [3.63, 3.8) is 0 Å². The summed E-state index contributed by atoms with van der Waals surface area (Å²) in [6.07, 6.45) is 0. The minimum absolute atomic E-state index is 0.0621. The molecule has 0 saturated carbocycles. The third-order valence-corrected chi connectivity index (χ3v) is 5.06. The maximum absolute atomic E-state index is 10.7. The Balaban J connectivity index is 0.00000117. The number of carbonyl (C=O) groups is 1. The van der Waals surface area contributed by atoms with Gasteiger partial charge in [-0.05, 0) is 52.6 Å². The van der Waals surface area contributed by atoms with Gasteiger partial charge in [-0.3, -0.25) is 9.89 Å². The maximum atomic E-state index is 10.7. The van der Waals surface area contributed by atoms with Crippen molar-refractivity contribution >= 4 is 28.5 Å². The van der Waals surface area contributed by atoms with Crippen molar-refractivity contribution in [3.05, 3.63) is 66.2 Å². The lowest BCUT2D eigenvalue weighted by Crippen LogP contribution is -1.97. The molecule has 0 aliphatic heterocycles. The van der Waals surface area contributed by atoms with E-state index in [9.17, 15) is 4.79 Å². The van der Waals surface area contributed by atoms with Crippen LogP contribution in [0.3, 0.4) is 0 Å². The number of benzene rings is 3. The monoisotopic (exact) mass is 405 g/mol. The molecule has 0 atom stereocenters. The van der Waals surface area contributed by atoms with E-state index >= 15 is 0 Å². The molecule has 1 heterocycles. The Kier molecular flexibility index (Phi) is 6.67. The number of hydrogen-bond acceptors (Lipinski definition) is 4. The van der Waals surface area contributed by atoms with Crippen molar-refractivity contribution in [2.45, 2.75) is 25.9 Å². The number of aromatic nitrogens is 3. The van der Waals surface area contributed by atoms with Crippen molar-refractivity contribution in [2.75, 3.05) is 5.75 Å². The summed E-state index contributed by atoms with van der Waals surface area (Å²) < 4.78 is 0. The molecule has 0 amide bonds. The highest BCUT2D eigenvalue weighted by molar-refractivity contribution is 7.99. The first kappa shape index (κ1) is 20.6. The fourth-order valence-corrected chi connectivity index (χ4v) is 3.54. The maximum Gasteiger partial charge on any atom is 0.313 e. The molecule has 4 aromatic rings. The molecule has 4 rings (SSSR count). The van der Waals surface area contributed by atoms with Crippen LogP contribution in [0, 0.1) is 6.92 Å². The van der Waals surface area contributed by atoms with Crippen molar-refractivity contribution in [2.24, 2.45) is 0 Å².